The molecule has 1 atom stereocenters. The molecule has 1 aromatic rings. The molecule has 6 heteroatoms. The number of nitrogens with zero attached hydrogens (tertiary/aromatic N) is 1. The fourth-order valence-electron chi connectivity index (χ4n) is 2.91. The van der Waals surface area contributed by atoms with Crippen molar-refractivity contribution < 1.29 is 19.1 Å². The van der Waals surface area contributed by atoms with Gasteiger partial charge in [-0.2, -0.15) is 0 Å². The van der Waals surface area contributed by atoms with Gasteiger partial charge in [0, 0.05) is 32.2 Å². The lowest BCUT2D eigenvalue weighted by molar-refractivity contribution is -0.132. The molecule has 6 nitrogen and oxygen atoms in total. The monoisotopic (exact) mass is 348 g/mol. The van der Waals surface area contributed by atoms with Gasteiger partial charge in [0.25, 0.3) is 0 Å². The van der Waals surface area contributed by atoms with Gasteiger partial charge in [0.2, 0.25) is 5.91 Å². The van der Waals surface area contributed by atoms with Crippen molar-refractivity contribution >= 4 is 12.0 Å². The molecular weight excluding hydrogens is 320 g/mol. The van der Waals surface area contributed by atoms with E-state index in [0.717, 1.165) is 24.9 Å². The predicted octanol–water partition coefficient (Wildman–Crippen LogP) is 2.72. The highest BCUT2D eigenvalue weighted by Gasteiger charge is 2.24. The van der Waals surface area contributed by atoms with Crippen LogP contribution in [0, 0.1) is 0 Å². The van der Waals surface area contributed by atoms with Crippen molar-refractivity contribution in [2.24, 2.45) is 0 Å². The largest absolute Gasteiger partial charge is 0.450 e. The topological polar surface area (TPSA) is 67.9 Å². The Bertz CT molecular complexity index is 535. The van der Waals surface area contributed by atoms with E-state index in [4.69, 9.17) is 9.47 Å². The highest BCUT2D eigenvalue weighted by atomic mass is 16.5. The molecule has 1 aliphatic heterocycles. The normalized spacial score (nSPS) is 17.2. The fourth-order valence-corrected chi connectivity index (χ4v) is 2.91. The maximum Gasteiger partial charge on any atom is 0.407 e. The molecule has 1 aromatic carbocycles. The lowest BCUT2D eigenvalue weighted by atomic mass is 10.1. The first-order valence-electron chi connectivity index (χ1n) is 9.01. The molecule has 1 saturated heterocycles. The van der Waals surface area contributed by atoms with E-state index < -0.39 is 6.09 Å². The molecule has 1 N–H and O–H groups in total. The number of amides is 2. The van der Waals surface area contributed by atoms with Crippen molar-refractivity contribution in [2.45, 2.75) is 45.3 Å². The molecule has 0 aromatic heterocycles. The number of likely N-dealkylation sites (tertiary alicyclic amines) is 1. The first-order chi connectivity index (χ1) is 12.2. The lowest BCUT2D eigenvalue weighted by Gasteiger charge is -2.33. The van der Waals surface area contributed by atoms with Crippen LogP contribution in [0.2, 0.25) is 0 Å². The number of nitrogens with one attached hydrogen (secondary N) is 1. The van der Waals surface area contributed by atoms with E-state index >= 15 is 0 Å². The van der Waals surface area contributed by atoms with E-state index in [1.807, 2.05) is 35.2 Å². The smallest absolute Gasteiger partial charge is 0.407 e. The standard InChI is InChI=1S/C19H28N2O4/c1-2-25-19(23)20-17-10-6-12-21(14-17)18(22)11-7-13-24-15-16-8-4-3-5-9-16/h3-5,8-9,17H,2,6-7,10-15H2,1H3,(H,20,23)/t17-/m0/s1. The van der Waals surface area contributed by atoms with Crippen molar-refractivity contribution in [3.63, 3.8) is 0 Å². The Hall–Kier alpha value is -2.08. The molecule has 1 aliphatic rings. The van der Waals surface area contributed by atoms with E-state index in [2.05, 4.69) is 5.32 Å². The van der Waals surface area contributed by atoms with Crippen LogP contribution < -0.4 is 5.32 Å². The Kier molecular flexibility index (Phi) is 8.25. The minimum atomic E-state index is -0.406. The van der Waals surface area contributed by atoms with Gasteiger partial charge in [0.1, 0.15) is 0 Å². The van der Waals surface area contributed by atoms with Gasteiger partial charge in [-0.05, 0) is 31.7 Å². The Labute approximate surface area is 149 Å². The summed E-state index contributed by atoms with van der Waals surface area (Å²) in [5.74, 6) is 0.124. The zero-order chi connectivity index (χ0) is 17.9. The molecule has 0 aliphatic carbocycles. The third-order valence-electron chi connectivity index (χ3n) is 4.16. The molecule has 2 rings (SSSR count). The van der Waals surface area contributed by atoms with Crippen LogP contribution in [0.15, 0.2) is 30.3 Å². The summed E-state index contributed by atoms with van der Waals surface area (Å²) in [6.45, 7) is 4.58. The number of carbonyl (C=O) groups is 2. The first-order valence-corrected chi connectivity index (χ1v) is 9.01. The van der Waals surface area contributed by atoms with Crippen LogP contribution in [0.1, 0.15) is 38.2 Å². The predicted molar refractivity (Wildman–Crippen MR) is 95.1 cm³/mol. The van der Waals surface area contributed by atoms with Crippen molar-refractivity contribution in [3.8, 4) is 0 Å². The van der Waals surface area contributed by atoms with Gasteiger partial charge in [-0.1, -0.05) is 30.3 Å². The Morgan fingerprint density at radius 2 is 2.08 bits per heavy atom. The van der Waals surface area contributed by atoms with E-state index in [-0.39, 0.29) is 11.9 Å². The summed E-state index contributed by atoms with van der Waals surface area (Å²) in [6.07, 6.45) is 2.55. The molecular formula is C19H28N2O4. The number of benzene rings is 1. The lowest BCUT2D eigenvalue weighted by Crippen LogP contribution is -2.49. The van der Waals surface area contributed by atoms with Crippen LogP contribution in [0.3, 0.4) is 0 Å². The first kappa shape index (κ1) is 19.2. The molecule has 0 radical (unpaired) electrons. The van der Waals surface area contributed by atoms with Crippen LogP contribution in [-0.4, -0.2) is 49.2 Å². The van der Waals surface area contributed by atoms with E-state index in [0.29, 0.717) is 39.2 Å². The summed E-state index contributed by atoms with van der Waals surface area (Å²) in [5.41, 5.74) is 1.14. The highest BCUT2D eigenvalue weighted by molar-refractivity contribution is 5.76. The van der Waals surface area contributed by atoms with Crippen molar-refractivity contribution in [1.29, 1.82) is 0 Å². The number of piperidine rings is 1. The number of ether oxygens (including phenoxy) is 2. The molecule has 0 saturated carbocycles. The fraction of sp³-hybridized carbons (Fsp3) is 0.579. The number of alkyl carbamates (subject to hydrolysis) is 1. The van der Waals surface area contributed by atoms with Gasteiger partial charge >= 0.3 is 6.09 Å². The molecule has 0 bridgehead atoms. The van der Waals surface area contributed by atoms with Gasteiger partial charge in [-0.3, -0.25) is 4.79 Å². The Balaban J connectivity index is 1.62. The van der Waals surface area contributed by atoms with Crippen molar-refractivity contribution in [3.05, 3.63) is 35.9 Å². The summed E-state index contributed by atoms with van der Waals surface area (Å²) < 4.78 is 10.5. The second-order valence-corrected chi connectivity index (χ2v) is 6.19. The summed E-state index contributed by atoms with van der Waals surface area (Å²) in [7, 11) is 0. The maximum absolute atomic E-state index is 12.3. The summed E-state index contributed by atoms with van der Waals surface area (Å²) in [5, 5.41) is 2.82. The minimum absolute atomic E-state index is 0.0221. The summed E-state index contributed by atoms with van der Waals surface area (Å²) in [6, 6.07) is 9.97. The molecule has 25 heavy (non-hydrogen) atoms. The molecule has 0 unspecified atom stereocenters. The minimum Gasteiger partial charge on any atom is -0.450 e. The van der Waals surface area contributed by atoms with Crippen LogP contribution in [0.5, 0.6) is 0 Å². The second kappa shape index (κ2) is 10.7. The molecule has 1 heterocycles. The van der Waals surface area contributed by atoms with Crippen LogP contribution >= 0.6 is 0 Å². The quantitative estimate of drug-likeness (QED) is 0.734. The third-order valence-corrected chi connectivity index (χ3v) is 4.16. The SMILES string of the molecule is CCOC(=O)N[C@H]1CCCN(C(=O)CCCOCc2ccccc2)C1. The Morgan fingerprint density at radius 3 is 2.84 bits per heavy atom. The van der Waals surface area contributed by atoms with E-state index in [1.54, 1.807) is 6.92 Å². The summed E-state index contributed by atoms with van der Waals surface area (Å²) in [4.78, 5) is 25.6. The number of hydrogen-bond acceptors (Lipinski definition) is 4. The number of carbonyl (C=O) groups excluding carboxylic acids is 2. The molecule has 2 amide bonds. The Morgan fingerprint density at radius 1 is 1.28 bits per heavy atom. The average molecular weight is 348 g/mol. The van der Waals surface area contributed by atoms with Gasteiger partial charge in [-0.25, -0.2) is 4.79 Å². The zero-order valence-corrected chi connectivity index (χ0v) is 14.9. The second-order valence-electron chi connectivity index (χ2n) is 6.19. The van der Waals surface area contributed by atoms with Crippen LogP contribution in [-0.2, 0) is 20.9 Å². The van der Waals surface area contributed by atoms with Crippen LogP contribution in [0.25, 0.3) is 0 Å². The zero-order valence-electron chi connectivity index (χ0n) is 14.9. The average Bonchev–Trinajstić information content (AvgIpc) is 2.62. The summed E-state index contributed by atoms with van der Waals surface area (Å²) >= 11 is 0. The van der Waals surface area contributed by atoms with Gasteiger partial charge in [-0.15, -0.1) is 0 Å². The number of hydrogen-bond donors (Lipinski definition) is 1. The number of rotatable bonds is 8. The van der Waals surface area contributed by atoms with Crippen molar-refractivity contribution in [1.82, 2.24) is 10.2 Å². The molecule has 138 valence electrons. The maximum atomic E-state index is 12.3. The van der Waals surface area contributed by atoms with E-state index in [9.17, 15) is 9.59 Å². The van der Waals surface area contributed by atoms with Gasteiger partial charge < -0.3 is 19.7 Å². The van der Waals surface area contributed by atoms with Gasteiger partial charge in [0.15, 0.2) is 0 Å². The highest BCUT2D eigenvalue weighted by Crippen LogP contribution is 2.12. The van der Waals surface area contributed by atoms with E-state index in [1.165, 1.54) is 0 Å². The van der Waals surface area contributed by atoms with Crippen molar-refractivity contribution in [2.75, 3.05) is 26.3 Å². The van der Waals surface area contributed by atoms with Crippen LogP contribution in [0.4, 0.5) is 4.79 Å². The molecule has 0 spiro atoms. The molecule has 1 fully saturated rings. The van der Waals surface area contributed by atoms with Gasteiger partial charge in [0.05, 0.1) is 13.2 Å². The third kappa shape index (κ3) is 7.13.